The zero-order chi connectivity index (χ0) is 75.0. The Morgan fingerprint density at radius 2 is 1.12 bits per heavy atom. The van der Waals surface area contributed by atoms with E-state index >= 15 is 0 Å². The van der Waals surface area contributed by atoms with Gasteiger partial charge in [-0.05, 0) is 251 Å². The Balaban J connectivity index is 0.000000152. The standard InChI is InChI=1S/C37H46BN3O6.C31H34ClN3O4.C13H20BrN3O2/c1-20(2)33(40-35(43)44-8)34(42)41-21(3)9-14-31(41)30-17-27-26-18-32-28(16-22(26)10-13-29(27)39-30)25-12-11-24(15-23(25)19-45-32)38-46-36(4,5)37(6,7)47-38;1-16(2)29(34-31(37)38-4)30(36)35-17(3)5-10-27(35)26-13-23-22-14-28-24(12-18(22)6-9-25(23)33-26)21-8-7-20(32)11-19(21)15-39-28;1-8-5-9(11-15-6-10(14)16-11)17(7-8)12(18)19-13(2,3)4/h11-12,15-16,18,20-21,31,33H,9-10,13-14,17,19H2,1-8H3,(H,40,43);7-8,11-12,14,16-17,27,29H,5-6,9-10,13,15H2,1-4H3,(H,34,37);6,8-9H,5,7H2,1-4H3,(H,15,16)/t21-,31-,33-;17-,27-,29-;8-,9-/m000/s1. The quantitative estimate of drug-likeness (QED) is 0.0872. The van der Waals surface area contributed by atoms with Gasteiger partial charge in [-0.2, -0.15) is 0 Å². The zero-order valence-electron chi connectivity index (χ0n) is 63.4. The molecule has 3 N–H and O–H groups in total. The number of methoxy groups -OCH3 is 2. The normalized spacial score (nSPS) is 23.3. The van der Waals surface area contributed by atoms with Crippen molar-refractivity contribution in [3.05, 3.63) is 127 Å². The Kier molecular flexibility index (Phi) is 21.2. The first-order chi connectivity index (χ1) is 49.8. The molecule has 0 radical (unpaired) electrons. The van der Waals surface area contributed by atoms with Crippen LogP contribution in [0.25, 0.3) is 33.4 Å². The summed E-state index contributed by atoms with van der Waals surface area (Å²) in [4.78, 5) is 87.4. The molecule has 1 aromatic heterocycles. The van der Waals surface area contributed by atoms with Crippen LogP contribution in [0.1, 0.15) is 200 Å². The number of aromatic amines is 1. The maximum atomic E-state index is 13.9. The molecule has 2 aliphatic carbocycles. The maximum Gasteiger partial charge on any atom is 0.494 e. The van der Waals surface area contributed by atoms with Crippen LogP contribution in [0.5, 0.6) is 11.5 Å². The zero-order valence-corrected chi connectivity index (χ0v) is 65.8. The fraction of sp³-hybridized carbons (Fsp3) is 0.531. The minimum atomic E-state index is -0.657. The number of imidazole rings is 1. The van der Waals surface area contributed by atoms with E-state index in [0.29, 0.717) is 32.1 Å². The molecule has 24 heteroatoms. The van der Waals surface area contributed by atoms with Crippen molar-refractivity contribution in [3.8, 4) is 33.8 Å². The minimum absolute atomic E-state index is 0.0313. The number of aromatic nitrogens is 2. The van der Waals surface area contributed by atoms with Crippen molar-refractivity contribution < 1.29 is 57.0 Å². The van der Waals surface area contributed by atoms with Crippen LogP contribution < -0.4 is 25.6 Å². The van der Waals surface area contributed by atoms with Crippen LogP contribution in [-0.4, -0.2) is 147 Å². The maximum absolute atomic E-state index is 13.9. The predicted octanol–water partition coefficient (Wildman–Crippen LogP) is 15.5. The minimum Gasteiger partial charge on any atom is -0.488 e. The smallest absolute Gasteiger partial charge is 0.488 e. The molecule has 105 heavy (non-hydrogen) atoms. The highest BCUT2D eigenvalue weighted by Crippen LogP contribution is 2.50. The van der Waals surface area contributed by atoms with Gasteiger partial charge >= 0.3 is 25.4 Å². The second kappa shape index (κ2) is 29.6. The molecule has 9 heterocycles. The van der Waals surface area contributed by atoms with Crippen molar-refractivity contribution in [2.24, 2.45) is 27.7 Å². The second-order valence-corrected chi connectivity index (χ2v) is 33.8. The molecule has 21 nitrogen and oxygen atoms in total. The van der Waals surface area contributed by atoms with E-state index in [4.69, 9.17) is 54.6 Å². The first-order valence-electron chi connectivity index (χ1n) is 37.3. The first-order valence-corrected chi connectivity index (χ1v) is 38.5. The van der Waals surface area contributed by atoms with E-state index in [2.05, 4.69) is 134 Å². The van der Waals surface area contributed by atoms with Crippen LogP contribution >= 0.6 is 27.5 Å². The number of likely N-dealkylation sites (tertiary alicyclic amines) is 3. The highest BCUT2D eigenvalue weighted by molar-refractivity contribution is 9.10. The number of carbonyl (C=O) groups excluding carboxylic acids is 5. The number of nitrogens with one attached hydrogen (secondary N) is 3. The summed E-state index contributed by atoms with van der Waals surface area (Å²) in [5.41, 5.74) is 18.5. The van der Waals surface area contributed by atoms with E-state index in [9.17, 15) is 24.0 Å². The molecule has 5 aromatic rings. The lowest BCUT2D eigenvalue weighted by atomic mass is 9.76. The third-order valence-corrected chi connectivity index (χ3v) is 23.4. The summed E-state index contributed by atoms with van der Waals surface area (Å²) in [7, 11) is 2.22. The second-order valence-electron chi connectivity index (χ2n) is 32.5. The molecule has 4 saturated heterocycles. The van der Waals surface area contributed by atoms with Crippen LogP contribution in [-0.2, 0) is 59.2 Å². The summed E-state index contributed by atoms with van der Waals surface area (Å²) in [5.74, 6) is 2.75. The molecule has 5 amide bonds. The number of alkyl carbamates (subject to hydrolysis) is 2. The van der Waals surface area contributed by atoms with Gasteiger partial charge in [-0.15, -0.1) is 0 Å². The summed E-state index contributed by atoms with van der Waals surface area (Å²) in [5, 5.41) is 6.24. The third-order valence-electron chi connectivity index (χ3n) is 22.8. The SMILES string of the molecule is COC(=O)N[C@H](C(=O)N1[C@@H](C)CC[C@H]1C1=NC2=C(C1)c1cc3c(cc1CC2)-c1ccc(B2OC(C)(C)C(C)(C)O2)cc1CO3)C(C)C.COC(=O)N[C@H](C(=O)N1[C@@H](C)CC[C@H]1C1=NC2=C(C1)c1cc3c(cc1CC2)-c1ccc(Cl)cc1CO3)C(C)C.C[C@H]1C[C@@H](c2ncc(Br)[nH]2)N(C(=O)OC(C)(C)C)C1. The summed E-state index contributed by atoms with van der Waals surface area (Å²) >= 11 is 9.57. The number of hydrogen-bond acceptors (Lipinski definition) is 15. The van der Waals surface area contributed by atoms with Crippen molar-refractivity contribution in [1.29, 1.82) is 0 Å². The third kappa shape index (κ3) is 15.1. The Morgan fingerprint density at radius 3 is 1.58 bits per heavy atom. The number of fused-ring (bicyclic) bond motifs is 10. The molecule has 4 fully saturated rings. The number of benzene rings is 4. The van der Waals surface area contributed by atoms with Crippen LogP contribution in [0.2, 0.25) is 5.02 Å². The Morgan fingerprint density at radius 1 is 0.638 bits per heavy atom. The number of H-pyrrole nitrogens is 1. The van der Waals surface area contributed by atoms with Gasteiger partial charge in [0, 0.05) is 70.4 Å². The van der Waals surface area contributed by atoms with E-state index in [-0.39, 0.29) is 60.0 Å². The Hall–Kier alpha value is -7.99. The van der Waals surface area contributed by atoms with Gasteiger partial charge in [0.2, 0.25) is 11.8 Å². The molecule has 0 unspecified atom stereocenters. The average Bonchev–Trinajstić information content (AvgIpc) is 1.60. The van der Waals surface area contributed by atoms with Crippen LogP contribution in [0, 0.1) is 17.8 Å². The average molecular weight is 1520 g/mol. The number of aryl methyl sites for hydroxylation is 2. The van der Waals surface area contributed by atoms with E-state index < -0.39 is 48.2 Å². The van der Waals surface area contributed by atoms with Gasteiger partial charge in [-0.25, -0.2) is 19.4 Å². The lowest BCUT2D eigenvalue weighted by Crippen LogP contribution is -2.55. The predicted molar refractivity (Wildman–Crippen MR) is 410 cm³/mol. The van der Waals surface area contributed by atoms with Gasteiger partial charge in [0.25, 0.3) is 0 Å². The van der Waals surface area contributed by atoms with Crippen LogP contribution in [0.4, 0.5) is 14.4 Å². The number of carbonyl (C=O) groups is 5. The van der Waals surface area contributed by atoms with Gasteiger partial charge in [0.05, 0.1) is 49.7 Å². The summed E-state index contributed by atoms with van der Waals surface area (Å²) in [6.45, 7) is 29.7. The van der Waals surface area contributed by atoms with Gasteiger partial charge in [-0.3, -0.25) is 24.5 Å². The van der Waals surface area contributed by atoms with Crippen molar-refractivity contribution in [2.75, 3.05) is 20.8 Å². The largest absolute Gasteiger partial charge is 0.494 e. The molecule has 4 aromatic carbocycles. The molecule has 0 saturated carbocycles. The number of hydrogen-bond donors (Lipinski definition) is 3. The van der Waals surface area contributed by atoms with Gasteiger partial charge in [-0.1, -0.05) is 70.5 Å². The monoisotopic (exact) mass is 1520 g/mol. The van der Waals surface area contributed by atoms with Crippen LogP contribution in [0.15, 0.2) is 92.8 Å². The molecule has 0 spiro atoms. The summed E-state index contributed by atoms with van der Waals surface area (Å²) in [6, 6.07) is 20.1. The number of rotatable bonds is 10. The lowest BCUT2D eigenvalue weighted by molar-refractivity contribution is -0.136. The number of allylic oxidation sites excluding steroid dienone is 4. The molecule has 15 rings (SSSR count). The van der Waals surface area contributed by atoms with Crippen LogP contribution in [0.3, 0.4) is 0 Å². The fourth-order valence-electron chi connectivity index (χ4n) is 16.6. The first kappa shape index (κ1) is 75.3. The lowest BCUT2D eigenvalue weighted by Gasteiger charge is -2.34. The summed E-state index contributed by atoms with van der Waals surface area (Å²) < 4.78 is 41.1. The topological polar surface area (TPSA) is 237 Å². The summed E-state index contributed by atoms with van der Waals surface area (Å²) in [6.07, 6.45) is 9.72. The fourth-order valence-corrected chi connectivity index (χ4v) is 17.1. The molecule has 558 valence electrons. The molecule has 0 bridgehead atoms. The number of nitrogens with zero attached hydrogens (tertiary/aromatic N) is 6. The molecule has 8 atom stereocenters. The van der Waals surface area contributed by atoms with Gasteiger partial charge in [0.1, 0.15) is 52.8 Å². The van der Waals surface area contributed by atoms with E-state index in [0.717, 1.165) is 142 Å². The number of amides is 5. The Bertz CT molecular complexity index is 4400. The molecule has 10 aliphatic rings. The van der Waals surface area contributed by atoms with Gasteiger partial charge < -0.3 is 58.4 Å². The Labute approximate surface area is 630 Å². The van der Waals surface area contributed by atoms with Crippen molar-refractivity contribution in [3.63, 3.8) is 0 Å². The molecule has 8 aliphatic heterocycles. The van der Waals surface area contributed by atoms with Gasteiger partial charge in [0.15, 0.2) is 0 Å². The number of aliphatic imine (C=N–C) groups is 2. The van der Waals surface area contributed by atoms with Crippen molar-refractivity contribution in [1.82, 2.24) is 35.3 Å². The highest BCUT2D eigenvalue weighted by atomic mass is 79.9. The number of ether oxygens (including phenoxy) is 5. The van der Waals surface area contributed by atoms with E-state index in [1.54, 1.807) is 11.1 Å². The van der Waals surface area contributed by atoms with Crippen molar-refractivity contribution >= 4 is 92.8 Å². The van der Waals surface area contributed by atoms with E-state index in [1.165, 1.54) is 58.7 Å². The van der Waals surface area contributed by atoms with Crippen molar-refractivity contribution in [2.45, 2.75) is 240 Å². The highest BCUT2D eigenvalue weighted by Gasteiger charge is 2.52. The number of halogens is 2. The van der Waals surface area contributed by atoms with E-state index in [1.807, 2.05) is 70.4 Å². The molecular weight excluding hydrogens is 1420 g/mol. The molecular formula is C81H100BBrClN9O12.